The lowest BCUT2D eigenvalue weighted by atomic mass is 9.76. The van der Waals surface area contributed by atoms with Gasteiger partial charge in [0.2, 0.25) is 0 Å². The van der Waals surface area contributed by atoms with E-state index in [-0.39, 0.29) is 0 Å². The predicted octanol–water partition coefficient (Wildman–Crippen LogP) is 4.66. The monoisotopic (exact) mass is 313 g/mol. The largest absolute Gasteiger partial charge is 0.384 e. The summed E-state index contributed by atoms with van der Waals surface area (Å²) >= 11 is 3.36. The summed E-state index contributed by atoms with van der Waals surface area (Å²) in [5.41, 5.74) is 0.0174. The Bertz CT molecular complexity index is 342. The number of pyridine rings is 1. The standard InChI is InChI=1S/C13H18BrNO.C2H6/c1-13(16,10-5-3-2-4-6-10)12-8-7-11(14)9-15-12;1-2/h7-10,16H,2-6H2,1H3;1-2H3. The number of hydrogen-bond acceptors (Lipinski definition) is 2. The van der Waals surface area contributed by atoms with E-state index in [1.807, 2.05) is 32.9 Å². The molecule has 1 fully saturated rings. The zero-order valence-corrected chi connectivity index (χ0v) is 13.2. The molecule has 1 heterocycles. The van der Waals surface area contributed by atoms with E-state index in [0.717, 1.165) is 23.0 Å². The highest BCUT2D eigenvalue weighted by molar-refractivity contribution is 9.10. The summed E-state index contributed by atoms with van der Waals surface area (Å²) in [7, 11) is 0. The van der Waals surface area contributed by atoms with Gasteiger partial charge in [-0.15, -0.1) is 0 Å². The van der Waals surface area contributed by atoms with E-state index in [1.165, 1.54) is 19.3 Å². The molecule has 1 unspecified atom stereocenters. The fourth-order valence-corrected chi connectivity index (χ4v) is 2.78. The first kappa shape index (κ1) is 15.6. The van der Waals surface area contributed by atoms with Crippen molar-refractivity contribution in [2.75, 3.05) is 0 Å². The maximum atomic E-state index is 10.6. The van der Waals surface area contributed by atoms with Crippen LogP contribution in [0.25, 0.3) is 0 Å². The van der Waals surface area contributed by atoms with Crippen molar-refractivity contribution >= 4 is 15.9 Å². The minimum Gasteiger partial charge on any atom is -0.384 e. The predicted molar refractivity (Wildman–Crippen MR) is 79.4 cm³/mol. The van der Waals surface area contributed by atoms with Crippen molar-refractivity contribution in [2.45, 2.75) is 58.5 Å². The van der Waals surface area contributed by atoms with Gasteiger partial charge < -0.3 is 5.11 Å². The second-order valence-electron chi connectivity index (χ2n) is 4.84. The molecule has 0 aliphatic heterocycles. The Balaban J connectivity index is 0.000000771. The van der Waals surface area contributed by atoms with Crippen LogP contribution in [0.3, 0.4) is 0 Å². The molecule has 1 atom stereocenters. The second kappa shape index (κ2) is 7.25. The van der Waals surface area contributed by atoms with E-state index >= 15 is 0 Å². The quantitative estimate of drug-likeness (QED) is 0.861. The first-order valence-corrected chi connectivity index (χ1v) is 7.74. The van der Waals surface area contributed by atoms with Gasteiger partial charge in [0.05, 0.1) is 5.69 Å². The van der Waals surface area contributed by atoms with Crippen molar-refractivity contribution in [1.82, 2.24) is 4.98 Å². The maximum Gasteiger partial charge on any atom is 0.106 e. The summed E-state index contributed by atoms with van der Waals surface area (Å²) in [6.45, 7) is 5.90. The van der Waals surface area contributed by atoms with E-state index in [0.29, 0.717) is 5.92 Å². The van der Waals surface area contributed by atoms with Crippen molar-refractivity contribution in [3.05, 3.63) is 28.5 Å². The van der Waals surface area contributed by atoms with Crippen LogP contribution in [0.15, 0.2) is 22.8 Å². The molecule has 102 valence electrons. The van der Waals surface area contributed by atoms with Gasteiger partial charge in [-0.1, -0.05) is 33.1 Å². The molecule has 1 aromatic heterocycles. The third-order valence-corrected chi connectivity index (χ3v) is 4.12. The number of rotatable bonds is 2. The Labute approximate surface area is 119 Å². The first-order chi connectivity index (χ1) is 8.60. The normalized spacial score (nSPS) is 19.6. The van der Waals surface area contributed by atoms with Gasteiger partial charge in [-0.25, -0.2) is 0 Å². The van der Waals surface area contributed by atoms with Gasteiger partial charge in [0, 0.05) is 10.7 Å². The highest BCUT2D eigenvalue weighted by atomic mass is 79.9. The van der Waals surface area contributed by atoms with Crippen LogP contribution in [0.1, 0.15) is 58.6 Å². The number of nitrogens with zero attached hydrogens (tertiary/aromatic N) is 1. The summed E-state index contributed by atoms with van der Waals surface area (Å²) in [5, 5.41) is 10.6. The Morgan fingerprint density at radius 3 is 2.33 bits per heavy atom. The smallest absolute Gasteiger partial charge is 0.106 e. The second-order valence-corrected chi connectivity index (χ2v) is 5.76. The van der Waals surface area contributed by atoms with Gasteiger partial charge in [0.1, 0.15) is 5.60 Å². The van der Waals surface area contributed by atoms with Crippen LogP contribution in [-0.4, -0.2) is 10.1 Å². The molecule has 0 spiro atoms. The number of hydrogen-bond donors (Lipinski definition) is 1. The van der Waals surface area contributed by atoms with Crippen LogP contribution in [-0.2, 0) is 5.60 Å². The summed E-state index contributed by atoms with van der Waals surface area (Å²) in [6, 6.07) is 3.86. The molecular weight excluding hydrogens is 290 g/mol. The Hall–Kier alpha value is -0.410. The van der Waals surface area contributed by atoms with Gasteiger partial charge in [-0.3, -0.25) is 4.98 Å². The molecule has 2 rings (SSSR count). The minimum absolute atomic E-state index is 0.356. The zero-order valence-electron chi connectivity index (χ0n) is 11.6. The van der Waals surface area contributed by atoms with Crippen LogP contribution >= 0.6 is 15.9 Å². The molecule has 1 saturated carbocycles. The van der Waals surface area contributed by atoms with Crippen LogP contribution < -0.4 is 0 Å². The van der Waals surface area contributed by atoms with Crippen molar-refractivity contribution in [3.8, 4) is 0 Å². The van der Waals surface area contributed by atoms with Crippen molar-refractivity contribution in [3.63, 3.8) is 0 Å². The Kier molecular flexibility index (Phi) is 6.30. The third-order valence-electron chi connectivity index (χ3n) is 3.65. The molecule has 0 amide bonds. The van der Waals surface area contributed by atoms with E-state index in [9.17, 15) is 5.11 Å². The molecule has 1 aliphatic rings. The molecular formula is C15H24BrNO. The molecule has 18 heavy (non-hydrogen) atoms. The number of halogens is 1. The van der Waals surface area contributed by atoms with Crippen molar-refractivity contribution < 1.29 is 5.11 Å². The average Bonchev–Trinajstić information content (AvgIpc) is 2.42. The minimum atomic E-state index is -0.777. The lowest BCUT2D eigenvalue weighted by Gasteiger charge is -2.35. The summed E-state index contributed by atoms with van der Waals surface area (Å²) in [6.07, 6.45) is 7.76. The zero-order chi connectivity index (χ0) is 13.6. The van der Waals surface area contributed by atoms with Gasteiger partial charge in [0.25, 0.3) is 0 Å². The molecule has 1 N–H and O–H groups in total. The molecule has 0 aromatic carbocycles. The van der Waals surface area contributed by atoms with E-state index < -0.39 is 5.60 Å². The highest BCUT2D eigenvalue weighted by Crippen LogP contribution is 2.38. The molecule has 0 radical (unpaired) electrons. The average molecular weight is 314 g/mol. The SMILES string of the molecule is CC.CC(O)(c1ccc(Br)cn1)C1CCCCC1. The van der Waals surface area contributed by atoms with Gasteiger partial charge >= 0.3 is 0 Å². The summed E-state index contributed by atoms with van der Waals surface area (Å²) in [4.78, 5) is 4.33. The van der Waals surface area contributed by atoms with E-state index in [4.69, 9.17) is 0 Å². The fraction of sp³-hybridized carbons (Fsp3) is 0.667. The van der Waals surface area contributed by atoms with Crippen LogP contribution in [0.2, 0.25) is 0 Å². The van der Waals surface area contributed by atoms with Gasteiger partial charge in [-0.2, -0.15) is 0 Å². The Morgan fingerprint density at radius 1 is 1.22 bits per heavy atom. The maximum absolute atomic E-state index is 10.6. The van der Waals surface area contributed by atoms with Crippen LogP contribution in [0, 0.1) is 5.92 Å². The topological polar surface area (TPSA) is 33.1 Å². The first-order valence-electron chi connectivity index (χ1n) is 6.95. The number of aliphatic hydroxyl groups is 1. The molecule has 1 aliphatic carbocycles. The lowest BCUT2D eigenvalue weighted by Crippen LogP contribution is -2.34. The molecule has 2 nitrogen and oxygen atoms in total. The fourth-order valence-electron chi connectivity index (χ4n) is 2.55. The van der Waals surface area contributed by atoms with Gasteiger partial charge in [0.15, 0.2) is 0 Å². The van der Waals surface area contributed by atoms with Crippen molar-refractivity contribution in [1.29, 1.82) is 0 Å². The molecule has 0 saturated heterocycles. The van der Waals surface area contributed by atoms with Crippen LogP contribution in [0.4, 0.5) is 0 Å². The van der Waals surface area contributed by atoms with Crippen LogP contribution in [0.5, 0.6) is 0 Å². The lowest BCUT2D eigenvalue weighted by molar-refractivity contribution is -0.0252. The summed E-state index contributed by atoms with van der Waals surface area (Å²) in [5.74, 6) is 0.356. The molecule has 3 heteroatoms. The van der Waals surface area contributed by atoms with E-state index in [1.54, 1.807) is 6.20 Å². The molecule has 0 bridgehead atoms. The highest BCUT2D eigenvalue weighted by Gasteiger charge is 2.35. The number of aromatic nitrogens is 1. The third kappa shape index (κ3) is 3.79. The molecule has 1 aromatic rings. The van der Waals surface area contributed by atoms with Gasteiger partial charge in [-0.05, 0) is 53.7 Å². The van der Waals surface area contributed by atoms with E-state index in [2.05, 4.69) is 20.9 Å². The Morgan fingerprint density at radius 2 is 1.83 bits per heavy atom. The summed E-state index contributed by atoms with van der Waals surface area (Å²) < 4.78 is 0.954. The van der Waals surface area contributed by atoms with Crippen molar-refractivity contribution in [2.24, 2.45) is 5.92 Å².